The first-order chi connectivity index (χ1) is 24.2. The van der Waals surface area contributed by atoms with E-state index in [0.717, 1.165) is 0 Å². The van der Waals surface area contributed by atoms with Crippen LogP contribution in [0.5, 0.6) is 5.75 Å². The van der Waals surface area contributed by atoms with Gasteiger partial charge in [0.15, 0.2) is 11.6 Å². The fourth-order valence-electron chi connectivity index (χ4n) is 5.20. The highest BCUT2D eigenvalue weighted by Gasteiger charge is 2.54. The molecule has 0 aromatic heterocycles. The minimum Gasteiger partial charge on any atom is -0.494 e. The molecule has 1 aliphatic rings. The number of carbonyl (C=O) groups is 2. The Morgan fingerprint density at radius 3 is 2.13 bits per heavy atom. The van der Waals surface area contributed by atoms with E-state index in [2.05, 4.69) is 15.8 Å². The van der Waals surface area contributed by atoms with Gasteiger partial charge in [-0.05, 0) is 87.4 Å². The molecule has 3 aromatic rings. The van der Waals surface area contributed by atoms with E-state index in [-0.39, 0.29) is 53.6 Å². The van der Waals surface area contributed by atoms with E-state index >= 15 is 0 Å². The van der Waals surface area contributed by atoms with Crippen LogP contribution < -0.4 is 15.6 Å². The Morgan fingerprint density at radius 2 is 1.58 bits per heavy atom. The van der Waals surface area contributed by atoms with E-state index in [4.69, 9.17) is 42.5 Å². The number of nitrogens with one attached hydrogen (secondary N) is 2. The summed E-state index contributed by atoms with van der Waals surface area (Å²) in [6, 6.07) is 11.8. The van der Waals surface area contributed by atoms with Crippen molar-refractivity contribution < 1.29 is 55.2 Å². The summed E-state index contributed by atoms with van der Waals surface area (Å²) in [7, 11) is 0. The number of hydrogen-bond acceptors (Lipinski definition) is 8. The molecule has 17 heteroatoms. The standard InChI is InChI=1S/C35H35Cl2F6N3O6/c1-32(2,3)52-28(48)11-12-33(31(49)46-44-19-20-15-22(34(38,39)40)17-23(16-20)35(41,42)43)29(26-10-7-24(36)18-27(26)37)51-30(45-33)21-5-8-25(9-6-21)50-14-4-13-47/h5-10,15-18,29,44,47H,4,11-14,19H2,1-3H3,(H,46,49)/t29-,33-/m0/s1. The van der Waals surface area contributed by atoms with Gasteiger partial charge in [0.1, 0.15) is 11.4 Å². The van der Waals surface area contributed by atoms with E-state index in [1.807, 2.05) is 0 Å². The molecule has 282 valence electrons. The third kappa shape index (κ3) is 10.5. The predicted molar refractivity (Wildman–Crippen MR) is 180 cm³/mol. The first kappa shape index (κ1) is 40.7. The highest BCUT2D eigenvalue weighted by Crippen LogP contribution is 2.46. The predicted octanol–water partition coefficient (Wildman–Crippen LogP) is 7.99. The Hall–Kier alpha value is -4.05. The van der Waals surface area contributed by atoms with Crippen LogP contribution in [0.1, 0.15) is 74.0 Å². The number of rotatable bonds is 13. The van der Waals surface area contributed by atoms with Crippen LogP contribution in [0.25, 0.3) is 0 Å². The third-order valence-electron chi connectivity index (χ3n) is 7.55. The summed E-state index contributed by atoms with van der Waals surface area (Å²) in [6.45, 7) is 4.48. The van der Waals surface area contributed by atoms with Gasteiger partial charge in [0.25, 0.3) is 5.91 Å². The first-order valence-electron chi connectivity index (χ1n) is 15.8. The topological polar surface area (TPSA) is 118 Å². The van der Waals surface area contributed by atoms with Crippen LogP contribution in [0.15, 0.2) is 65.7 Å². The number of hydrazine groups is 1. The Bertz CT molecular complexity index is 1750. The van der Waals surface area contributed by atoms with Crippen molar-refractivity contribution in [2.45, 2.75) is 76.2 Å². The Kier molecular flexibility index (Phi) is 12.8. The SMILES string of the molecule is CC(C)(C)OC(=O)CC[C@]1(C(=O)NNCc2cc(C(F)(F)F)cc(C(F)(F)F)c2)N=C(c2ccc(OCCCO)cc2)O[C@H]1c1ccc(Cl)cc1Cl. The number of amides is 1. The molecule has 0 aliphatic carbocycles. The molecular weight excluding hydrogens is 743 g/mol. The summed E-state index contributed by atoms with van der Waals surface area (Å²) in [5, 5.41) is 9.36. The molecule has 4 rings (SSSR count). The van der Waals surface area contributed by atoms with E-state index in [1.54, 1.807) is 45.0 Å². The van der Waals surface area contributed by atoms with Gasteiger partial charge in [0.2, 0.25) is 5.90 Å². The summed E-state index contributed by atoms with van der Waals surface area (Å²) in [6.07, 6.45) is -11.8. The van der Waals surface area contributed by atoms with Crippen LogP contribution >= 0.6 is 23.2 Å². The molecule has 52 heavy (non-hydrogen) atoms. The molecule has 9 nitrogen and oxygen atoms in total. The number of hydrogen-bond donors (Lipinski definition) is 3. The van der Waals surface area contributed by atoms with Gasteiger partial charge in [-0.1, -0.05) is 29.3 Å². The van der Waals surface area contributed by atoms with Crippen molar-refractivity contribution in [1.82, 2.24) is 10.9 Å². The highest BCUT2D eigenvalue weighted by molar-refractivity contribution is 6.35. The van der Waals surface area contributed by atoms with Crippen molar-refractivity contribution in [2.24, 2.45) is 4.99 Å². The minimum absolute atomic E-state index is 0.00586. The molecule has 0 radical (unpaired) electrons. The van der Waals surface area contributed by atoms with Crippen LogP contribution in [0.2, 0.25) is 10.0 Å². The second kappa shape index (κ2) is 16.3. The second-order valence-electron chi connectivity index (χ2n) is 12.8. The average molecular weight is 779 g/mol. The smallest absolute Gasteiger partial charge is 0.416 e. The minimum atomic E-state index is -5.08. The number of esters is 1. The van der Waals surface area contributed by atoms with E-state index < -0.39 is 64.7 Å². The molecule has 1 heterocycles. The molecule has 0 bridgehead atoms. The Morgan fingerprint density at radius 1 is 0.942 bits per heavy atom. The Balaban J connectivity index is 1.74. The maximum Gasteiger partial charge on any atom is 0.416 e. The maximum absolute atomic E-state index is 14.3. The van der Waals surface area contributed by atoms with Gasteiger partial charge in [-0.25, -0.2) is 10.4 Å². The summed E-state index contributed by atoms with van der Waals surface area (Å²) in [5.74, 6) is -1.22. The zero-order valence-electron chi connectivity index (χ0n) is 28.1. The molecule has 3 N–H and O–H groups in total. The fraction of sp³-hybridized carbons (Fsp3) is 0.400. The molecule has 0 spiro atoms. The zero-order chi connectivity index (χ0) is 38.5. The van der Waals surface area contributed by atoms with Crippen molar-refractivity contribution in [1.29, 1.82) is 0 Å². The quantitative estimate of drug-likeness (QED) is 0.0697. The number of benzene rings is 3. The van der Waals surface area contributed by atoms with Gasteiger partial charge in [-0.15, -0.1) is 0 Å². The van der Waals surface area contributed by atoms with E-state index in [1.165, 1.54) is 18.2 Å². The van der Waals surface area contributed by atoms with Gasteiger partial charge >= 0.3 is 18.3 Å². The third-order valence-corrected chi connectivity index (χ3v) is 8.11. The maximum atomic E-state index is 14.3. The number of alkyl halides is 6. The van der Waals surface area contributed by atoms with E-state index in [9.17, 15) is 35.9 Å². The van der Waals surface area contributed by atoms with Crippen molar-refractivity contribution in [3.63, 3.8) is 0 Å². The molecular formula is C35H35Cl2F6N3O6. The number of aliphatic hydroxyl groups is 1. The zero-order valence-corrected chi connectivity index (χ0v) is 29.6. The van der Waals surface area contributed by atoms with Gasteiger partial charge in [-0.2, -0.15) is 26.3 Å². The molecule has 1 aliphatic heterocycles. The number of aliphatic hydroxyl groups excluding tert-OH is 1. The van der Waals surface area contributed by atoms with Crippen molar-refractivity contribution in [2.75, 3.05) is 13.2 Å². The monoisotopic (exact) mass is 777 g/mol. The lowest BCUT2D eigenvalue weighted by Crippen LogP contribution is -2.52. The number of halogens is 8. The van der Waals surface area contributed by atoms with Gasteiger partial charge in [-0.3, -0.25) is 15.0 Å². The molecule has 3 aromatic carbocycles. The number of ether oxygens (including phenoxy) is 3. The van der Waals surface area contributed by atoms with Crippen LogP contribution in [0, 0.1) is 0 Å². The lowest BCUT2D eigenvalue weighted by atomic mass is 9.83. The lowest BCUT2D eigenvalue weighted by molar-refractivity contribution is -0.155. The lowest BCUT2D eigenvalue weighted by Gasteiger charge is -2.31. The van der Waals surface area contributed by atoms with E-state index in [0.29, 0.717) is 29.9 Å². The highest BCUT2D eigenvalue weighted by atomic mass is 35.5. The average Bonchev–Trinajstić information content (AvgIpc) is 3.43. The van der Waals surface area contributed by atoms with Crippen molar-refractivity contribution >= 4 is 41.0 Å². The summed E-state index contributed by atoms with van der Waals surface area (Å²) in [5.41, 5.74) is -1.01. The summed E-state index contributed by atoms with van der Waals surface area (Å²) in [4.78, 5) is 31.9. The van der Waals surface area contributed by atoms with Crippen molar-refractivity contribution in [3.05, 3.63) is 98.5 Å². The second-order valence-corrected chi connectivity index (χ2v) is 13.6. The van der Waals surface area contributed by atoms with Gasteiger partial charge in [0, 0.05) is 47.2 Å². The fourth-order valence-corrected chi connectivity index (χ4v) is 5.71. The molecule has 0 saturated heterocycles. The number of carbonyl (C=O) groups excluding carboxylic acids is 2. The van der Waals surface area contributed by atoms with Crippen LogP contribution in [-0.4, -0.2) is 47.2 Å². The molecule has 0 fully saturated rings. The van der Waals surface area contributed by atoms with Crippen molar-refractivity contribution in [3.8, 4) is 5.75 Å². The van der Waals surface area contributed by atoms with Crippen LogP contribution in [-0.2, 0) is 38.0 Å². The largest absolute Gasteiger partial charge is 0.494 e. The normalized spacial score (nSPS) is 17.7. The molecule has 0 saturated carbocycles. The summed E-state index contributed by atoms with van der Waals surface area (Å²) < 4.78 is 98.1. The first-order valence-corrected chi connectivity index (χ1v) is 16.6. The summed E-state index contributed by atoms with van der Waals surface area (Å²) >= 11 is 12.7. The molecule has 0 unspecified atom stereocenters. The van der Waals surface area contributed by atoms with Gasteiger partial charge in [0.05, 0.1) is 17.7 Å². The number of aliphatic imine (C=N–C) groups is 1. The Labute approximate surface area is 305 Å². The van der Waals surface area contributed by atoms with Gasteiger partial charge < -0.3 is 19.3 Å². The molecule has 1 amide bonds. The molecule has 2 atom stereocenters. The number of nitrogens with zero attached hydrogens (tertiary/aromatic N) is 1. The van der Waals surface area contributed by atoms with Crippen LogP contribution in [0.3, 0.4) is 0 Å². The van der Waals surface area contributed by atoms with Crippen LogP contribution in [0.4, 0.5) is 26.3 Å².